The van der Waals surface area contributed by atoms with Crippen molar-refractivity contribution in [2.24, 2.45) is 0 Å². The molecular formula is C13H9N5. The van der Waals surface area contributed by atoms with Crippen LogP contribution >= 0.6 is 0 Å². The molecular weight excluding hydrogens is 226 g/mol. The quantitative estimate of drug-likeness (QED) is 0.679. The number of rotatable bonds is 2. The predicted molar refractivity (Wildman–Crippen MR) is 66.3 cm³/mol. The van der Waals surface area contributed by atoms with Crippen molar-refractivity contribution in [3.05, 3.63) is 55.1 Å². The monoisotopic (exact) mass is 235 g/mol. The van der Waals surface area contributed by atoms with Crippen molar-refractivity contribution in [3.63, 3.8) is 0 Å². The lowest BCUT2D eigenvalue weighted by atomic mass is 10.2. The molecule has 0 amide bonds. The molecule has 0 saturated carbocycles. The molecule has 5 heteroatoms. The summed E-state index contributed by atoms with van der Waals surface area (Å²) < 4.78 is 0. The first-order valence-corrected chi connectivity index (χ1v) is 5.45. The molecule has 0 unspecified atom stereocenters. The van der Waals surface area contributed by atoms with Gasteiger partial charge in [0.1, 0.15) is 11.4 Å². The van der Waals surface area contributed by atoms with E-state index in [1.54, 1.807) is 36.9 Å². The highest BCUT2D eigenvalue weighted by molar-refractivity contribution is 5.56. The molecule has 0 N–H and O–H groups in total. The van der Waals surface area contributed by atoms with Crippen LogP contribution in [-0.2, 0) is 0 Å². The van der Waals surface area contributed by atoms with Crippen LogP contribution in [0.5, 0.6) is 0 Å². The molecule has 0 atom stereocenters. The molecule has 5 nitrogen and oxygen atoms in total. The molecule has 18 heavy (non-hydrogen) atoms. The molecule has 0 radical (unpaired) electrons. The van der Waals surface area contributed by atoms with Crippen LogP contribution < -0.4 is 0 Å². The van der Waals surface area contributed by atoms with E-state index >= 15 is 0 Å². The first kappa shape index (κ1) is 10.5. The van der Waals surface area contributed by atoms with Gasteiger partial charge in [0.15, 0.2) is 11.6 Å². The van der Waals surface area contributed by atoms with Gasteiger partial charge in [-0.2, -0.15) is 0 Å². The van der Waals surface area contributed by atoms with Gasteiger partial charge in [-0.3, -0.25) is 0 Å². The molecule has 0 bridgehead atoms. The molecule has 3 rings (SSSR count). The molecule has 86 valence electrons. The average Bonchev–Trinajstić information content (AvgIpc) is 2.49. The summed E-state index contributed by atoms with van der Waals surface area (Å²) in [6.45, 7) is 0. The summed E-state index contributed by atoms with van der Waals surface area (Å²) in [6, 6.07) is 9.16. The van der Waals surface area contributed by atoms with Gasteiger partial charge in [0, 0.05) is 24.8 Å². The van der Waals surface area contributed by atoms with Crippen LogP contribution in [0.4, 0.5) is 0 Å². The summed E-state index contributed by atoms with van der Waals surface area (Å²) >= 11 is 0. The van der Waals surface area contributed by atoms with Crippen molar-refractivity contribution in [3.8, 4) is 23.0 Å². The van der Waals surface area contributed by atoms with Crippen molar-refractivity contribution < 1.29 is 0 Å². The first-order chi connectivity index (χ1) is 8.93. The minimum Gasteiger partial charge on any atom is -0.241 e. The maximum atomic E-state index is 4.46. The number of hydrogen-bond acceptors (Lipinski definition) is 5. The van der Waals surface area contributed by atoms with Gasteiger partial charge in [0.2, 0.25) is 0 Å². The summed E-state index contributed by atoms with van der Waals surface area (Å²) in [7, 11) is 0. The van der Waals surface area contributed by atoms with Crippen LogP contribution in [0.1, 0.15) is 0 Å². The highest BCUT2D eigenvalue weighted by Crippen LogP contribution is 2.16. The molecule has 3 aromatic rings. The van der Waals surface area contributed by atoms with Crippen LogP contribution in [0.2, 0.25) is 0 Å². The molecule has 0 spiro atoms. The molecule has 3 heterocycles. The Balaban J connectivity index is 2.05. The minimum atomic E-state index is 0.593. The fourth-order valence-corrected chi connectivity index (χ4v) is 1.55. The smallest absolute Gasteiger partial charge is 0.178 e. The highest BCUT2D eigenvalue weighted by Gasteiger charge is 2.05. The van der Waals surface area contributed by atoms with E-state index in [9.17, 15) is 0 Å². The Labute approximate surface area is 104 Å². The topological polar surface area (TPSA) is 64.5 Å². The molecule has 0 aliphatic rings. The molecule has 0 fully saturated rings. The van der Waals surface area contributed by atoms with Crippen LogP contribution in [0, 0.1) is 0 Å². The number of nitrogens with zero attached hydrogens (tertiary/aromatic N) is 5. The van der Waals surface area contributed by atoms with Crippen molar-refractivity contribution in [1.82, 2.24) is 24.9 Å². The van der Waals surface area contributed by atoms with E-state index in [2.05, 4.69) is 24.9 Å². The van der Waals surface area contributed by atoms with Crippen LogP contribution in [0.3, 0.4) is 0 Å². The largest absolute Gasteiger partial charge is 0.241 e. The zero-order valence-electron chi connectivity index (χ0n) is 9.43. The summed E-state index contributed by atoms with van der Waals surface area (Å²) in [5.74, 6) is 1.19. The Kier molecular flexibility index (Phi) is 2.71. The zero-order valence-corrected chi connectivity index (χ0v) is 9.43. The lowest BCUT2D eigenvalue weighted by Crippen LogP contribution is -1.94. The second kappa shape index (κ2) is 4.67. The Morgan fingerprint density at radius 1 is 0.556 bits per heavy atom. The lowest BCUT2D eigenvalue weighted by molar-refractivity contribution is 1.11. The van der Waals surface area contributed by atoms with Crippen molar-refractivity contribution >= 4 is 0 Å². The van der Waals surface area contributed by atoms with Gasteiger partial charge in [-0.15, -0.1) is 0 Å². The average molecular weight is 235 g/mol. The third-order valence-corrected chi connectivity index (χ3v) is 2.34. The molecule has 0 aliphatic carbocycles. The summed E-state index contributed by atoms with van der Waals surface area (Å²) in [6.07, 6.45) is 6.76. The standard InChI is InChI=1S/C13H9N5/c1-4-10(12-14-6-2-7-15-12)18-11(5-1)13-16-8-3-9-17-13/h1-9H. The summed E-state index contributed by atoms with van der Waals surface area (Å²) in [5.41, 5.74) is 1.42. The zero-order chi connectivity index (χ0) is 12.2. The van der Waals surface area contributed by atoms with Gasteiger partial charge in [-0.25, -0.2) is 24.9 Å². The van der Waals surface area contributed by atoms with Gasteiger partial charge >= 0.3 is 0 Å². The normalized spacial score (nSPS) is 10.2. The van der Waals surface area contributed by atoms with Crippen molar-refractivity contribution in [2.75, 3.05) is 0 Å². The highest BCUT2D eigenvalue weighted by atomic mass is 14.9. The van der Waals surface area contributed by atoms with Gasteiger partial charge in [0.25, 0.3) is 0 Å². The van der Waals surface area contributed by atoms with E-state index in [0.717, 1.165) is 0 Å². The predicted octanol–water partition coefficient (Wildman–Crippen LogP) is 2.00. The first-order valence-electron chi connectivity index (χ1n) is 5.45. The van der Waals surface area contributed by atoms with E-state index < -0.39 is 0 Å². The fraction of sp³-hybridized carbons (Fsp3) is 0. The lowest BCUT2D eigenvalue weighted by Gasteiger charge is -2.01. The number of pyridine rings is 1. The van der Waals surface area contributed by atoms with Crippen LogP contribution in [0.15, 0.2) is 55.1 Å². The molecule has 0 aliphatic heterocycles. The summed E-state index contributed by atoms with van der Waals surface area (Å²) in [4.78, 5) is 21.1. The van der Waals surface area contributed by atoms with E-state index in [1.165, 1.54) is 0 Å². The van der Waals surface area contributed by atoms with Crippen LogP contribution in [-0.4, -0.2) is 24.9 Å². The van der Waals surface area contributed by atoms with E-state index in [-0.39, 0.29) is 0 Å². The second-order valence-electron chi connectivity index (χ2n) is 3.55. The molecule has 0 aromatic carbocycles. The minimum absolute atomic E-state index is 0.593. The van der Waals surface area contributed by atoms with Crippen molar-refractivity contribution in [2.45, 2.75) is 0 Å². The third kappa shape index (κ3) is 2.06. The van der Waals surface area contributed by atoms with Crippen LogP contribution in [0.25, 0.3) is 23.0 Å². The van der Waals surface area contributed by atoms with E-state index in [0.29, 0.717) is 23.0 Å². The Morgan fingerprint density at radius 2 is 1.00 bits per heavy atom. The Bertz CT molecular complexity index is 585. The summed E-state index contributed by atoms with van der Waals surface area (Å²) in [5, 5.41) is 0. The molecule has 3 aromatic heterocycles. The van der Waals surface area contributed by atoms with Crippen molar-refractivity contribution in [1.29, 1.82) is 0 Å². The Hall–Kier alpha value is -2.69. The maximum absolute atomic E-state index is 4.46. The SMILES string of the molecule is c1cnc(-c2cccc(-c3ncccn3)n2)nc1. The van der Waals surface area contributed by atoms with E-state index in [4.69, 9.17) is 0 Å². The van der Waals surface area contributed by atoms with Gasteiger partial charge in [-0.05, 0) is 24.3 Å². The Morgan fingerprint density at radius 3 is 1.44 bits per heavy atom. The second-order valence-corrected chi connectivity index (χ2v) is 3.55. The molecule has 0 saturated heterocycles. The van der Waals surface area contributed by atoms with E-state index in [1.807, 2.05) is 18.2 Å². The van der Waals surface area contributed by atoms with Gasteiger partial charge < -0.3 is 0 Å². The number of aromatic nitrogens is 5. The van der Waals surface area contributed by atoms with Gasteiger partial charge in [-0.1, -0.05) is 6.07 Å². The maximum Gasteiger partial charge on any atom is 0.178 e. The number of hydrogen-bond donors (Lipinski definition) is 0. The third-order valence-electron chi connectivity index (χ3n) is 2.34. The van der Waals surface area contributed by atoms with Gasteiger partial charge in [0.05, 0.1) is 0 Å². The fourth-order valence-electron chi connectivity index (χ4n) is 1.55.